The van der Waals surface area contributed by atoms with E-state index in [1.807, 2.05) is 4.90 Å². The summed E-state index contributed by atoms with van der Waals surface area (Å²) < 4.78 is 0. The molecule has 1 saturated carbocycles. The molecule has 0 bridgehead atoms. The van der Waals surface area contributed by atoms with Crippen LogP contribution in [-0.4, -0.2) is 36.0 Å². The summed E-state index contributed by atoms with van der Waals surface area (Å²) in [7, 11) is 0. The summed E-state index contributed by atoms with van der Waals surface area (Å²) in [5.41, 5.74) is 0. The smallest absolute Gasteiger partial charge is 0.225 e. The molecule has 0 aromatic heterocycles. The van der Waals surface area contributed by atoms with E-state index in [9.17, 15) is 4.79 Å². The number of likely N-dealkylation sites (tertiary alicyclic amines) is 1. The number of nitrogens with zero attached hydrogens (tertiary/aromatic N) is 2. The van der Waals surface area contributed by atoms with Gasteiger partial charge in [0.15, 0.2) is 0 Å². The highest BCUT2D eigenvalue weighted by molar-refractivity contribution is 5.77. The summed E-state index contributed by atoms with van der Waals surface area (Å²) in [5.74, 6) is 0.141. The fraction of sp³-hybridized carbons (Fsp3) is 0.857. The molecule has 18 heavy (non-hydrogen) atoms. The Morgan fingerprint density at radius 2 is 1.89 bits per heavy atom. The van der Waals surface area contributed by atoms with Gasteiger partial charge in [-0.3, -0.25) is 10.1 Å². The minimum Gasteiger partial charge on any atom is -0.343 e. The number of hydrogen-bond acceptors (Lipinski definition) is 3. The van der Waals surface area contributed by atoms with E-state index in [2.05, 4.69) is 11.4 Å². The summed E-state index contributed by atoms with van der Waals surface area (Å²) in [6.45, 7) is 1.75. The van der Waals surface area contributed by atoms with Crippen LogP contribution in [0.3, 0.4) is 0 Å². The number of carbonyl (C=O) groups is 1. The maximum atomic E-state index is 12.0. The second-order valence-corrected chi connectivity index (χ2v) is 5.48. The van der Waals surface area contributed by atoms with Crippen LogP contribution in [0.4, 0.5) is 0 Å². The molecule has 0 spiro atoms. The molecule has 2 rings (SSSR count). The number of hydrogen-bond donors (Lipinski definition) is 1. The van der Waals surface area contributed by atoms with Crippen molar-refractivity contribution in [1.82, 2.24) is 10.2 Å². The van der Waals surface area contributed by atoms with Crippen molar-refractivity contribution >= 4 is 5.91 Å². The topological polar surface area (TPSA) is 56.1 Å². The van der Waals surface area contributed by atoms with Gasteiger partial charge in [0.1, 0.15) is 6.04 Å². The van der Waals surface area contributed by atoms with Gasteiger partial charge in [-0.25, -0.2) is 0 Å². The lowest BCUT2D eigenvalue weighted by molar-refractivity contribution is -0.130. The van der Waals surface area contributed by atoms with Crippen molar-refractivity contribution in [3.8, 4) is 6.07 Å². The summed E-state index contributed by atoms with van der Waals surface area (Å²) in [4.78, 5) is 13.9. The summed E-state index contributed by atoms with van der Waals surface area (Å²) in [6.07, 6.45) is 8.66. The Morgan fingerprint density at radius 3 is 2.50 bits per heavy atom. The summed E-state index contributed by atoms with van der Waals surface area (Å²) >= 11 is 0. The molecule has 1 amide bonds. The molecule has 1 heterocycles. The van der Waals surface area contributed by atoms with Gasteiger partial charge in [-0.15, -0.1) is 0 Å². The third-order valence-corrected chi connectivity index (χ3v) is 4.04. The number of carbonyl (C=O) groups excluding carboxylic acids is 1. The van der Waals surface area contributed by atoms with Crippen molar-refractivity contribution in [3.63, 3.8) is 0 Å². The van der Waals surface area contributed by atoms with Gasteiger partial charge in [0.2, 0.25) is 5.91 Å². The highest BCUT2D eigenvalue weighted by atomic mass is 16.2. The first kappa shape index (κ1) is 13.4. The lowest BCUT2D eigenvalue weighted by Crippen LogP contribution is -2.42. The van der Waals surface area contributed by atoms with Gasteiger partial charge in [0.05, 0.1) is 12.5 Å². The average molecular weight is 249 g/mol. The molecule has 2 aliphatic rings. The molecular weight excluding hydrogens is 226 g/mol. The van der Waals surface area contributed by atoms with Crippen molar-refractivity contribution in [2.75, 3.05) is 13.1 Å². The van der Waals surface area contributed by atoms with Gasteiger partial charge in [0.25, 0.3) is 0 Å². The lowest BCUT2D eigenvalue weighted by Gasteiger charge is -2.26. The minimum atomic E-state index is -0.304. The Labute approximate surface area is 109 Å². The van der Waals surface area contributed by atoms with Crippen LogP contribution >= 0.6 is 0 Å². The molecule has 4 heteroatoms. The highest BCUT2D eigenvalue weighted by Gasteiger charge is 2.23. The summed E-state index contributed by atoms with van der Waals surface area (Å²) in [5, 5.41) is 12.5. The van der Waals surface area contributed by atoms with Crippen molar-refractivity contribution in [3.05, 3.63) is 0 Å². The van der Waals surface area contributed by atoms with E-state index in [0.29, 0.717) is 12.5 Å². The molecule has 1 aliphatic heterocycles. The molecule has 1 unspecified atom stereocenters. The molecule has 4 nitrogen and oxygen atoms in total. The normalized spacial score (nSPS) is 22.7. The number of amides is 1. The largest absolute Gasteiger partial charge is 0.343 e. The molecule has 0 aromatic rings. The van der Waals surface area contributed by atoms with Crippen molar-refractivity contribution in [2.24, 2.45) is 0 Å². The van der Waals surface area contributed by atoms with Gasteiger partial charge in [-0.1, -0.05) is 19.3 Å². The monoisotopic (exact) mass is 249 g/mol. The van der Waals surface area contributed by atoms with Crippen LogP contribution in [0.25, 0.3) is 0 Å². The maximum absolute atomic E-state index is 12.0. The van der Waals surface area contributed by atoms with Crippen molar-refractivity contribution in [2.45, 2.75) is 63.5 Å². The predicted octanol–water partition coefficient (Wildman–Crippen LogP) is 1.81. The van der Waals surface area contributed by atoms with Crippen LogP contribution in [0.15, 0.2) is 0 Å². The van der Waals surface area contributed by atoms with Gasteiger partial charge in [-0.2, -0.15) is 5.26 Å². The Kier molecular flexibility index (Phi) is 5.00. The fourth-order valence-electron chi connectivity index (χ4n) is 2.97. The third-order valence-electron chi connectivity index (χ3n) is 4.04. The Morgan fingerprint density at radius 1 is 1.22 bits per heavy atom. The molecule has 2 fully saturated rings. The quantitative estimate of drug-likeness (QED) is 0.826. The molecule has 0 aromatic carbocycles. The molecular formula is C14H23N3O. The van der Waals surface area contributed by atoms with E-state index in [0.717, 1.165) is 38.8 Å². The first-order valence-corrected chi connectivity index (χ1v) is 7.23. The van der Waals surface area contributed by atoms with Crippen LogP contribution in [0.5, 0.6) is 0 Å². The Balaban J connectivity index is 1.77. The average Bonchev–Trinajstić information content (AvgIpc) is 2.93. The van der Waals surface area contributed by atoms with Gasteiger partial charge in [-0.05, 0) is 25.7 Å². The zero-order chi connectivity index (χ0) is 12.8. The van der Waals surface area contributed by atoms with E-state index in [1.54, 1.807) is 0 Å². The van der Waals surface area contributed by atoms with Crippen LogP contribution < -0.4 is 5.32 Å². The second-order valence-electron chi connectivity index (χ2n) is 5.48. The third kappa shape index (κ3) is 3.71. The van der Waals surface area contributed by atoms with Gasteiger partial charge in [0, 0.05) is 19.1 Å². The van der Waals surface area contributed by atoms with E-state index < -0.39 is 0 Å². The molecule has 100 valence electrons. The van der Waals surface area contributed by atoms with Crippen LogP contribution in [0, 0.1) is 11.3 Å². The van der Waals surface area contributed by atoms with E-state index in [1.165, 1.54) is 19.3 Å². The number of nitriles is 1. The molecule has 1 aliphatic carbocycles. The number of nitrogens with one attached hydrogen (secondary N) is 1. The van der Waals surface area contributed by atoms with Crippen LogP contribution in [0.2, 0.25) is 0 Å². The maximum Gasteiger partial charge on any atom is 0.225 e. The van der Waals surface area contributed by atoms with Crippen molar-refractivity contribution in [1.29, 1.82) is 5.26 Å². The Hall–Kier alpha value is -1.08. The minimum absolute atomic E-state index is 0.141. The Bertz CT molecular complexity index is 311. The summed E-state index contributed by atoms with van der Waals surface area (Å²) in [6, 6.07) is 2.38. The zero-order valence-electron chi connectivity index (χ0n) is 11.0. The fourth-order valence-corrected chi connectivity index (χ4v) is 2.97. The molecule has 0 radical (unpaired) electrons. The van der Waals surface area contributed by atoms with Crippen LogP contribution in [-0.2, 0) is 4.79 Å². The molecule has 1 saturated heterocycles. The molecule has 1 atom stereocenters. The standard InChI is InChI=1S/C14H23N3O/c15-11-13(16-12-6-2-1-3-7-12)10-14(18)17-8-4-5-9-17/h12-13,16H,1-10H2. The highest BCUT2D eigenvalue weighted by Crippen LogP contribution is 2.18. The SMILES string of the molecule is N#CC(CC(=O)N1CCCC1)NC1CCCCC1. The predicted molar refractivity (Wildman–Crippen MR) is 69.8 cm³/mol. The van der Waals surface area contributed by atoms with E-state index >= 15 is 0 Å². The first-order valence-electron chi connectivity index (χ1n) is 7.23. The van der Waals surface area contributed by atoms with E-state index in [4.69, 9.17) is 5.26 Å². The first-order chi connectivity index (χ1) is 8.79. The van der Waals surface area contributed by atoms with Crippen molar-refractivity contribution < 1.29 is 4.79 Å². The van der Waals surface area contributed by atoms with Crippen LogP contribution in [0.1, 0.15) is 51.4 Å². The lowest BCUT2D eigenvalue weighted by atomic mass is 9.94. The molecule has 1 N–H and O–H groups in total. The van der Waals surface area contributed by atoms with E-state index in [-0.39, 0.29) is 11.9 Å². The second kappa shape index (κ2) is 6.75. The number of rotatable bonds is 4. The zero-order valence-corrected chi connectivity index (χ0v) is 11.0. The van der Waals surface area contributed by atoms with Gasteiger partial charge >= 0.3 is 0 Å². The van der Waals surface area contributed by atoms with Gasteiger partial charge < -0.3 is 4.90 Å².